The van der Waals surface area contributed by atoms with Gasteiger partial charge in [0, 0.05) is 42.7 Å². The van der Waals surface area contributed by atoms with E-state index in [1.165, 1.54) is 0 Å². The van der Waals surface area contributed by atoms with Crippen LogP contribution in [0.15, 0.2) is 42.5 Å². The lowest BCUT2D eigenvalue weighted by Gasteiger charge is -2.20. The normalized spacial score (nSPS) is 17.3. The maximum Gasteiger partial charge on any atom is 0.272 e. The van der Waals surface area contributed by atoms with E-state index < -0.39 is 17.5 Å². The van der Waals surface area contributed by atoms with Crippen molar-refractivity contribution in [3.8, 4) is 0 Å². The van der Waals surface area contributed by atoms with Crippen molar-refractivity contribution in [2.24, 2.45) is 5.92 Å². The van der Waals surface area contributed by atoms with E-state index in [1.807, 2.05) is 23.1 Å². The standard InChI is InChI=1S/C23H23F2N3O2/c1-13(16-5-6-28(12-16)14(2)29)15-3-4-21-17(7-15)8-22(27-21)23(30)26-20-10-18(24)9-19(25)11-20/h3-4,7-11,13,16,27H,5-6,12H2,1-2H3,(H,26,30). The number of aromatic nitrogens is 1. The summed E-state index contributed by atoms with van der Waals surface area (Å²) in [5, 5.41) is 3.40. The van der Waals surface area contributed by atoms with Gasteiger partial charge >= 0.3 is 0 Å². The summed E-state index contributed by atoms with van der Waals surface area (Å²) < 4.78 is 26.7. The Bertz CT molecular complexity index is 1100. The molecule has 30 heavy (non-hydrogen) atoms. The van der Waals surface area contributed by atoms with Gasteiger partial charge in [-0.2, -0.15) is 0 Å². The minimum absolute atomic E-state index is 0.0572. The molecular formula is C23H23F2N3O2. The van der Waals surface area contributed by atoms with E-state index in [1.54, 1.807) is 13.0 Å². The highest BCUT2D eigenvalue weighted by Crippen LogP contribution is 2.33. The number of carbonyl (C=O) groups excluding carboxylic acids is 2. The van der Waals surface area contributed by atoms with Crippen molar-refractivity contribution >= 4 is 28.4 Å². The highest BCUT2D eigenvalue weighted by atomic mass is 19.1. The molecule has 5 nitrogen and oxygen atoms in total. The SMILES string of the molecule is CC(=O)N1CCC(C(C)c2ccc3[nH]c(C(=O)Nc4cc(F)cc(F)c4)cc3c2)C1. The van der Waals surface area contributed by atoms with E-state index in [0.29, 0.717) is 11.6 Å². The third-order valence-electron chi connectivity index (χ3n) is 5.91. The molecule has 3 aromatic rings. The second-order valence-corrected chi connectivity index (χ2v) is 7.94. The Balaban J connectivity index is 1.52. The van der Waals surface area contributed by atoms with Gasteiger partial charge in [0.25, 0.3) is 5.91 Å². The van der Waals surface area contributed by atoms with Gasteiger partial charge in [-0.25, -0.2) is 8.78 Å². The first-order chi connectivity index (χ1) is 14.3. The maximum absolute atomic E-state index is 13.3. The van der Waals surface area contributed by atoms with Gasteiger partial charge in [0.05, 0.1) is 0 Å². The zero-order chi connectivity index (χ0) is 21.4. The lowest BCUT2D eigenvalue weighted by Crippen LogP contribution is -2.26. The van der Waals surface area contributed by atoms with Gasteiger partial charge in [-0.05, 0) is 54.2 Å². The maximum atomic E-state index is 13.3. The van der Waals surface area contributed by atoms with Gasteiger partial charge in [0.1, 0.15) is 17.3 Å². The highest BCUT2D eigenvalue weighted by molar-refractivity contribution is 6.06. The average molecular weight is 411 g/mol. The fourth-order valence-electron chi connectivity index (χ4n) is 4.13. The van der Waals surface area contributed by atoms with E-state index in [2.05, 4.69) is 17.2 Å². The predicted molar refractivity (Wildman–Crippen MR) is 111 cm³/mol. The van der Waals surface area contributed by atoms with Crippen LogP contribution in [-0.4, -0.2) is 34.8 Å². The molecule has 2 heterocycles. The molecule has 1 fully saturated rings. The molecule has 0 radical (unpaired) electrons. The number of benzene rings is 2. The van der Waals surface area contributed by atoms with Crippen LogP contribution in [0.5, 0.6) is 0 Å². The van der Waals surface area contributed by atoms with E-state index in [-0.39, 0.29) is 17.5 Å². The number of carbonyl (C=O) groups is 2. The number of nitrogens with zero attached hydrogens (tertiary/aromatic N) is 1. The first kappa shape index (κ1) is 20.1. The van der Waals surface area contributed by atoms with Crippen LogP contribution in [-0.2, 0) is 4.79 Å². The van der Waals surface area contributed by atoms with Crippen molar-refractivity contribution in [3.05, 3.63) is 65.4 Å². The molecule has 0 aliphatic carbocycles. The van der Waals surface area contributed by atoms with E-state index in [9.17, 15) is 18.4 Å². The molecule has 156 valence electrons. The lowest BCUT2D eigenvalue weighted by molar-refractivity contribution is -0.127. The second kappa shape index (κ2) is 7.89. The summed E-state index contributed by atoms with van der Waals surface area (Å²) in [6.07, 6.45) is 0.976. The largest absolute Gasteiger partial charge is 0.351 e. The molecule has 1 aromatic heterocycles. The van der Waals surface area contributed by atoms with Crippen LogP contribution < -0.4 is 5.32 Å². The highest BCUT2D eigenvalue weighted by Gasteiger charge is 2.29. The van der Waals surface area contributed by atoms with Crippen molar-refractivity contribution < 1.29 is 18.4 Å². The van der Waals surface area contributed by atoms with Crippen LogP contribution >= 0.6 is 0 Å². The van der Waals surface area contributed by atoms with E-state index in [4.69, 9.17) is 0 Å². The second-order valence-electron chi connectivity index (χ2n) is 7.94. The third-order valence-corrected chi connectivity index (χ3v) is 5.91. The number of hydrogen-bond acceptors (Lipinski definition) is 2. The quantitative estimate of drug-likeness (QED) is 0.655. The van der Waals surface area contributed by atoms with Gasteiger partial charge < -0.3 is 15.2 Å². The van der Waals surface area contributed by atoms with Crippen molar-refractivity contribution in [2.45, 2.75) is 26.2 Å². The van der Waals surface area contributed by atoms with Crippen molar-refractivity contribution in [1.29, 1.82) is 0 Å². The molecule has 0 spiro atoms. The van der Waals surface area contributed by atoms with Gasteiger partial charge in [-0.3, -0.25) is 9.59 Å². The molecule has 2 amide bonds. The van der Waals surface area contributed by atoms with Crippen molar-refractivity contribution in [2.75, 3.05) is 18.4 Å². The number of H-pyrrole nitrogens is 1. The molecule has 1 saturated heterocycles. The topological polar surface area (TPSA) is 65.2 Å². The zero-order valence-corrected chi connectivity index (χ0v) is 16.8. The number of fused-ring (bicyclic) bond motifs is 1. The molecule has 4 rings (SSSR count). The monoisotopic (exact) mass is 411 g/mol. The number of nitrogens with one attached hydrogen (secondary N) is 2. The van der Waals surface area contributed by atoms with Gasteiger partial charge in [-0.15, -0.1) is 0 Å². The third kappa shape index (κ3) is 4.06. The predicted octanol–water partition coefficient (Wildman–Crippen LogP) is 4.67. The Morgan fingerprint density at radius 2 is 1.87 bits per heavy atom. The number of rotatable bonds is 4. The molecule has 1 aliphatic heterocycles. The number of aromatic amines is 1. The molecular weight excluding hydrogens is 388 g/mol. The molecule has 0 bridgehead atoms. The molecule has 0 saturated carbocycles. The first-order valence-corrected chi connectivity index (χ1v) is 9.96. The summed E-state index contributed by atoms with van der Waals surface area (Å²) in [6, 6.07) is 10.6. The smallest absolute Gasteiger partial charge is 0.272 e. The van der Waals surface area contributed by atoms with Crippen LogP contribution in [0.1, 0.15) is 42.2 Å². The van der Waals surface area contributed by atoms with Gasteiger partial charge in [0.15, 0.2) is 0 Å². The Hall–Kier alpha value is -3.22. The molecule has 2 atom stereocenters. The Kier molecular flexibility index (Phi) is 5.28. The number of hydrogen-bond donors (Lipinski definition) is 2. The zero-order valence-electron chi connectivity index (χ0n) is 16.8. The van der Waals surface area contributed by atoms with Gasteiger partial charge in [0.2, 0.25) is 5.91 Å². The fourth-order valence-corrected chi connectivity index (χ4v) is 4.13. The summed E-state index contributed by atoms with van der Waals surface area (Å²) in [7, 11) is 0. The Morgan fingerprint density at radius 3 is 2.53 bits per heavy atom. The number of halogens is 2. The van der Waals surface area contributed by atoms with Crippen LogP contribution in [0.2, 0.25) is 0 Å². The number of amides is 2. The Labute approximate surface area is 173 Å². The van der Waals surface area contributed by atoms with Crippen LogP contribution in [0.3, 0.4) is 0 Å². The molecule has 7 heteroatoms. The summed E-state index contributed by atoms with van der Waals surface area (Å²) in [5.74, 6) is -1.19. The number of anilines is 1. The summed E-state index contributed by atoms with van der Waals surface area (Å²) in [6.45, 7) is 5.32. The molecule has 2 unspecified atom stereocenters. The van der Waals surface area contributed by atoms with Crippen molar-refractivity contribution in [1.82, 2.24) is 9.88 Å². The minimum atomic E-state index is -0.754. The molecule has 2 aromatic carbocycles. The van der Waals surface area contributed by atoms with Crippen LogP contribution in [0.4, 0.5) is 14.5 Å². The number of likely N-dealkylation sites (tertiary alicyclic amines) is 1. The Morgan fingerprint density at radius 1 is 1.13 bits per heavy atom. The summed E-state index contributed by atoms with van der Waals surface area (Å²) >= 11 is 0. The van der Waals surface area contributed by atoms with Crippen LogP contribution in [0, 0.1) is 17.6 Å². The van der Waals surface area contributed by atoms with E-state index >= 15 is 0 Å². The summed E-state index contributed by atoms with van der Waals surface area (Å²) in [5.41, 5.74) is 2.32. The van der Waals surface area contributed by atoms with Crippen molar-refractivity contribution in [3.63, 3.8) is 0 Å². The van der Waals surface area contributed by atoms with E-state index in [0.717, 1.165) is 54.2 Å². The fraction of sp³-hybridized carbons (Fsp3) is 0.304. The summed E-state index contributed by atoms with van der Waals surface area (Å²) in [4.78, 5) is 29.0. The average Bonchev–Trinajstić information content (AvgIpc) is 3.33. The van der Waals surface area contributed by atoms with Gasteiger partial charge in [-0.1, -0.05) is 13.0 Å². The molecule has 2 N–H and O–H groups in total. The molecule has 1 aliphatic rings. The first-order valence-electron chi connectivity index (χ1n) is 9.96. The van der Waals surface area contributed by atoms with Crippen LogP contribution in [0.25, 0.3) is 10.9 Å². The minimum Gasteiger partial charge on any atom is -0.351 e. The lowest BCUT2D eigenvalue weighted by atomic mass is 9.86.